The standard InChI is InChI=1S/C3H6OS2.H3N/c1-2-4-3(5)6;/h2H2,1H3,(H,5,6);1H3. The third-order valence-electron chi connectivity index (χ3n) is 0.268. The Morgan fingerprint density at radius 1 is 1.86 bits per heavy atom. The van der Waals surface area contributed by atoms with E-state index in [9.17, 15) is 0 Å². The number of hydrogen-bond donors (Lipinski definition) is 2. The van der Waals surface area contributed by atoms with E-state index in [-0.39, 0.29) is 6.15 Å². The zero-order chi connectivity index (χ0) is 4.99. The van der Waals surface area contributed by atoms with Crippen LogP contribution in [0.15, 0.2) is 0 Å². The Labute approximate surface area is 54.2 Å². The molecule has 2 nitrogen and oxygen atoms in total. The van der Waals surface area contributed by atoms with Gasteiger partial charge < -0.3 is 10.9 Å². The molecule has 0 radical (unpaired) electrons. The summed E-state index contributed by atoms with van der Waals surface area (Å²) >= 11 is 8.12. The maximum atomic E-state index is 4.64. The molecule has 0 spiro atoms. The van der Waals surface area contributed by atoms with Gasteiger partial charge in [0.05, 0.1) is 6.61 Å². The smallest absolute Gasteiger partial charge is 0.216 e. The molecule has 0 aromatic rings. The van der Waals surface area contributed by atoms with Crippen LogP contribution in [0.1, 0.15) is 6.92 Å². The molecular formula is C3H9NOS2. The zero-order valence-corrected chi connectivity index (χ0v) is 5.89. The van der Waals surface area contributed by atoms with E-state index < -0.39 is 0 Å². The Bertz CT molecular complexity index is 56.9. The van der Waals surface area contributed by atoms with Crippen LogP contribution in [0.25, 0.3) is 0 Å². The van der Waals surface area contributed by atoms with Gasteiger partial charge in [-0.3, -0.25) is 0 Å². The lowest BCUT2D eigenvalue weighted by Gasteiger charge is -1.92. The van der Waals surface area contributed by atoms with Crippen molar-refractivity contribution in [2.24, 2.45) is 0 Å². The highest BCUT2D eigenvalue weighted by atomic mass is 32.1. The summed E-state index contributed by atoms with van der Waals surface area (Å²) in [5.41, 5.74) is 0. The normalized spacial score (nSPS) is 6.57. The van der Waals surface area contributed by atoms with E-state index in [1.165, 1.54) is 0 Å². The van der Waals surface area contributed by atoms with Crippen molar-refractivity contribution < 1.29 is 4.74 Å². The molecule has 44 valence electrons. The fourth-order valence-electron chi connectivity index (χ4n) is 0.123. The summed E-state index contributed by atoms with van der Waals surface area (Å²) in [5, 5.41) is 0. The van der Waals surface area contributed by atoms with Crippen LogP contribution in [0.4, 0.5) is 0 Å². The predicted molar refractivity (Wildman–Crippen MR) is 38.2 cm³/mol. The highest BCUT2D eigenvalue weighted by Crippen LogP contribution is 1.83. The lowest BCUT2D eigenvalue weighted by Crippen LogP contribution is -1.89. The topological polar surface area (TPSA) is 44.2 Å². The largest absolute Gasteiger partial charge is 0.479 e. The lowest BCUT2D eigenvalue weighted by molar-refractivity contribution is 0.346. The number of rotatable bonds is 1. The quantitative estimate of drug-likeness (QED) is 0.426. The molecule has 0 heterocycles. The van der Waals surface area contributed by atoms with Crippen LogP contribution in [-0.2, 0) is 4.74 Å². The van der Waals surface area contributed by atoms with Crippen molar-refractivity contribution >= 4 is 29.2 Å². The molecule has 0 saturated heterocycles. The van der Waals surface area contributed by atoms with Gasteiger partial charge in [0.15, 0.2) is 0 Å². The molecular weight excluding hydrogens is 130 g/mol. The minimum absolute atomic E-state index is 0. The van der Waals surface area contributed by atoms with E-state index in [0.29, 0.717) is 11.0 Å². The summed E-state index contributed by atoms with van der Waals surface area (Å²) in [5.74, 6) is 0. The van der Waals surface area contributed by atoms with E-state index in [4.69, 9.17) is 0 Å². The van der Waals surface area contributed by atoms with Gasteiger partial charge in [-0.15, -0.1) is 0 Å². The van der Waals surface area contributed by atoms with Gasteiger partial charge in [-0.1, -0.05) is 12.6 Å². The third-order valence-corrected chi connectivity index (χ3v) is 0.515. The predicted octanol–water partition coefficient (Wildman–Crippen LogP) is 1.40. The van der Waals surface area contributed by atoms with Gasteiger partial charge in [-0.2, -0.15) is 0 Å². The molecule has 0 atom stereocenters. The third kappa shape index (κ3) is 10.7. The minimum atomic E-state index is 0. The van der Waals surface area contributed by atoms with Crippen molar-refractivity contribution in [2.75, 3.05) is 6.61 Å². The first-order valence-corrected chi connectivity index (χ1v) is 2.48. The Kier molecular flexibility index (Phi) is 9.07. The van der Waals surface area contributed by atoms with Crippen LogP contribution >= 0.6 is 24.8 Å². The second kappa shape index (κ2) is 6.20. The lowest BCUT2D eigenvalue weighted by atomic mass is 10.9. The van der Waals surface area contributed by atoms with Crippen LogP contribution in [0.3, 0.4) is 0 Å². The van der Waals surface area contributed by atoms with Crippen molar-refractivity contribution in [2.45, 2.75) is 6.92 Å². The Morgan fingerprint density at radius 3 is 2.29 bits per heavy atom. The van der Waals surface area contributed by atoms with E-state index in [0.717, 1.165) is 0 Å². The SMILES string of the molecule is CCOC(=S)S.N. The fourth-order valence-corrected chi connectivity index (χ4v) is 0.370. The molecule has 7 heavy (non-hydrogen) atoms. The van der Waals surface area contributed by atoms with Gasteiger partial charge in [0, 0.05) is 0 Å². The van der Waals surface area contributed by atoms with E-state index >= 15 is 0 Å². The van der Waals surface area contributed by atoms with Crippen LogP contribution in [0.5, 0.6) is 0 Å². The number of ether oxygens (including phenoxy) is 1. The molecule has 0 aromatic carbocycles. The van der Waals surface area contributed by atoms with Crippen LogP contribution in [0.2, 0.25) is 0 Å². The first kappa shape index (κ1) is 10.2. The maximum absolute atomic E-state index is 4.64. The van der Waals surface area contributed by atoms with Gasteiger partial charge in [-0.25, -0.2) is 0 Å². The molecule has 0 amide bonds. The number of thiol groups is 1. The van der Waals surface area contributed by atoms with Gasteiger partial charge in [-0.05, 0) is 19.1 Å². The second-order valence-electron chi connectivity index (χ2n) is 0.699. The molecule has 4 heteroatoms. The highest BCUT2D eigenvalue weighted by molar-refractivity contribution is 8.10. The van der Waals surface area contributed by atoms with E-state index in [1.807, 2.05) is 6.92 Å². The number of thiocarbonyl (C=S) groups is 1. The summed E-state index contributed by atoms with van der Waals surface area (Å²) < 4.78 is 4.95. The number of hydrogen-bond acceptors (Lipinski definition) is 3. The van der Waals surface area contributed by atoms with Gasteiger partial charge in [0.2, 0.25) is 4.38 Å². The van der Waals surface area contributed by atoms with Crippen molar-refractivity contribution in [3.63, 3.8) is 0 Å². The van der Waals surface area contributed by atoms with Crippen LogP contribution in [-0.4, -0.2) is 11.0 Å². The molecule has 3 N–H and O–H groups in total. The molecule has 0 fully saturated rings. The summed E-state index contributed by atoms with van der Waals surface area (Å²) in [4.78, 5) is 0. The van der Waals surface area contributed by atoms with Crippen molar-refractivity contribution in [3.8, 4) is 0 Å². The van der Waals surface area contributed by atoms with Crippen LogP contribution in [0, 0.1) is 0 Å². The molecule has 0 aliphatic heterocycles. The molecule has 0 rings (SSSR count). The molecule has 0 saturated carbocycles. The Hall–Kier alpha value is 0.200. The average molecular weight is 139 g/mol. The Morgan fingerprint density at radius 2 is 2.29 bits per heavy atom. The molecule has 0 unspecified atom stereocenters. The average Bonchev–Trinajstić information content (AvgIpc) is 1.35. The van der Waals surface area contributed by atoms with Crippen molar-refractivity contribution in [1.82, 2.24) is 6.15 Å². The molecule has 0 bridgehead atoms. The summed E-state index contributed by atoms with van der Waals surface area (Å²) in [7, 11) is 0. The van der Waals surface area contributed by atoms with Gasteiger partial charge in [0.25, 0.3) is 0 Å². The molecule has 0 aromatic heterocycles. The summed E-state index contributed by atoms with van der Waals surface area (Å²) in [6.07, 6.45) is 0. The van der Waals surface area contributed by atoms with Gasteiger partial charge >= 0.3 is 0 Å². The monoisotopic (exact) mass is 139 g/mol. The fraction of sp³-hybridized carbons (Fsp3) is 0.667. The maximum Gasteiger partial charge on any atom is 0.216 e. The summed E-state index contributed by atoms with van der Waals surface area (Å²) in [6.45, 7) is 2.48. The van der Waals surface area contributed by atoms with Crippen molar-refractivity contribution in [3.05, 3.63) is 0 Å². The second-order valence-corrected chi connectivity index (χ2v) is 1.78. The summed E-state index contributed by atoms with van der Waals surface area (Å²) in [6, 6.07) is 0. The minimum Gasteiger partial charge on any atom is -0.479 e. The Balaban J connectivity index is 0. The molecule has 0 aliphatic rings. The molecule has 0 aliphatic carbocycles. The van der Waals surface area contributed by atoms with Crippen LogP contribution < -0.4 is 6.15 Å². The van der Waals surface area contributed by atoms with E-state index in [2.05, 4.69) is 29.6 Å². The first-order chi connectivity index (χ1) is 2.77. The zero-order valence-electron chi connectivity index (χ0n) is 4.18. The first-order valence-electron chi connectivity index (χ1n) is 1.63. The van der Waals surface area contributed by atoms with E-state index in [1.54, 1.807) is 0 Å². The van der Waals surface area contributed by atoms with Gasteiger partial charge in [0.1, 0.15) is 0 Å². The van der Waals surface area contributed by atoms with Crippen molar-refractivity contribution in [1.29, 1.82) is 0 Å². The highest BCUT2D eigenvalue weighted by Gasteiger charge is 1.77.